The van der Waals surface area contributed by atoms with Gasteiger partial charge in [-0.3, -0.25) is 14.4 Å². The predicted molar refractivity (Wildman–Crippen MR) is 110 cm³/mol. The van der Waals surface area contributed by atoms with E-state index >= 15 is 0 Å². The summed E-state index contributed by atoms with van der Waals surface area (Å²) in [6.07, 6.45) is -29.1. The molecule has 0 aliphatic rings. The molecule has 0 atom stereocenters. The molecule has 0 spiro atoms. The Morgan fingerprint density at radius 2 is 0.889 bits per heavy atom. The highest BCUT2D eigenvalue weighted by Gasteiger charge is 2.77. The number of carbonyl (C=O) groups excluding carboxylic acids is 3. The van der Waals surface area contributed by atoms with Gasteiger partial charge in [0.25, 0.3) is 5.78 Å². The van der Waals surface area contributed by atoms with Crippen molar-refractivity contribution in [2.24, 2.45) is 0 Å². The lowest BCUT2D eigenvalue weighted by atomic mass is 10.0. The van der Waals surface area contributed by atoms with E-state index in [1.807, 2.05) is 0 Å². The number of allylic oxidation sites excluding steroid dienone is 2. The van der Waals surface area contributed by atoms with Gasteiger partial charge in [-0.2, -0.15) is 87.8 Å². The van der Waals surface area contributed by atoms with Gasteiger partial charge < -0.3 is 4.43 Å². The predicted octanol–water partition coefficient (Wildman–Crippen LogP) is 8.77. The first-order valence-corrected chi connectivity index (χ1v) is 13.7. The lowest BCUT2D eigenvalue weighted by Gasteiger charge is -2.40. The number of carbonyl (C=O) groups is 3. The average molecular weight is 730 g/mol. The second-order valence-electron chi connectivity index (χ2n) is 10.0. The quantitative estimate of drug-likeness (QED) is 0.0783. The maximum Gasteiger partial charge on any atom is 0.460 e. The van der Waals surface area contributed by atoms with Gasteiger partial charge in [-0.05, 0) is 18.1 Å². The zero-order valence-corrected chi connectivity index (χ0v) is 23.5. The van der Waals surface area contributed by atoms with Gasteiger partial charge in [-0.15, -0.1) is 0 Å². The maximum atomic E-state index is 13.9. The van der Waals surface area contributed by atoms with Crippen LogP contribution in [0.5, 0.6) is 0 Å². The van der Waals surface area contributed by atoms with Gasteiger partial charge in [0.2, 0.25) is 19.9 Å². The molecule has 0 saturated carbocycles. The highest BCUT2D eigenvalue weighted by molar-refractivity contribution is 6.74. The number of rotatable bonds is 9. The van der Waals surface area contributed by atoms with Crippen LogP contribution in [0.4, 0.5) is 87.8 Å². The molecular weight excluding hydrogens is 712 g/mol. The van der Waals surface area contributed by atoms with Crippen molar-refractivity contribution in [1.82, 2.24) is 0 Å². The van der Waals surface area contributed by atoms with Crippen molar-refractivity contribution in [1.29, 1.82) is 0 Å². The second kappa shape index (κ2) is 12.9. The van der Waals surface area contributed by atoms with Gasteiger partial charge in [0.1, 0.15) is 0 Å². The molecule has 0 amide bonds. The fraction of sp³-hybridized carbons (Fsp3) is 0.750. The molecule has 0 rings (SSSR count). The van der Waals surface area contributed by atoms with Crippen LogP contribution in [0.2, 0.25) is 18.1 Å². The van der Waals surface area contributed by atoms with Crippen molar-refractivity contribution >= 4 is 25.7 Å². The summed E-state index contributed by atoms with van der Waals surface area (Å²) in [5.41, 5.74) is 0. The molecular formula is C20H18F20O4Si. The number of alkyl halides is 20. The first-order chi connectivity index (χ1) is 19.0. The Kier molecular flexibility index (Phi) is 12.7. The average Bonchev–Trinajstić information content (AvgIpc) is 2.74. The van der Waals surface area contributed by atoms with E-state index in [2.05, 4.69) is 4.43 Å². The maximum absolute atomic E-state index is 13.9. The Labute approximate surface area is 238 Å². The van der Waals surface area contributed by atoms with Crippen LogP contribution < -0.4 is 0 Å². The first-order valence-electron chi connectivity index (χ1n) is 10.8. The smallest absolute Gasteiger partial charge is 0.460 e. The van der Waals surface area contributed by atoms with Gasteiger partial charge in [-0.25, -0.2) is 0 Å². The standard InChI is InChI=1S/C13H16F10O2Si.C7H2F10O2/c1-9(2,3)26(4,5)25-8(6-7(24)11(16,17)18)10(14,15)12(19,20)13(21,22)23;8-4(9,6(13,14)7(15,16)17)2(18)1-3(19)5(10,11)12/h6H,1-5H3;1H2. The second-order valence-corrected chi connectivity index (χ2v) is 14.8. The largest absolute Gasteiger partial charge is 0.542 e. The van der Waals surface area contributed by atoms with Gasteiger partial charge in [0.05, 0.1) is 6.42 Å². The summed E-state index contributed by atoms with van der Waals surface area (Å²) in [4.78, 5) is 31.4. The summed E-state index contributed by atoms with van der Waals surface area (Å²) in [5, 5.41) is -1.06. The van der Waals surface area contributed by atoms with Crippen LogP contribution in [0.25, 0.3) is 0 Å². The summed E-state index contributed by atoms with van der Waals surface area (Å²) in [6, 6.07) is 0. The molecule has 0 N–H and O–H groups in total. The molecule has 0 aromatic rings. The van der Waals surface area contributed by atoms with Gasteiger partial charge in [-0.1, -0.05) is 20.8 Å². The topological polar surface area (TPSA) is 60.4 Å². The molecule has 0 aliphatic heterocycles. The van der Waals surface area contributed by atoms with Gasteiger partial charge >= 0.3 is 48.4 Å². The van der Waals surface area contributed by atoms with Crippen molar-refractivity contribution in [3.05, 3.63) is 11.8 Å². The van der Waals surface area contributed by atoms with Crippen LogP contribution in [-0.4, -0.2) is 74.1 Å². The molecule has 0 saturated heterocycles. The number of ketones is 3. The van der Waals surface area contributed by atoms with E-state index in [1.165, 1.54) is 20.8 Å². The van der Waals surface area contributed by atoms with E-state index in [4.69, 9.17) is 0 Å². The van der Waals surface area contributed by atoms with Crippen LogP contribution in [0.15, 0.2) is 11.8 Å². The van der Waals surface area contributed by atoms with Crippen molar-refractivity contribution in [3.63, 3.8) is 0 Å². The molecule has 45 heavy (non-hydrogen) atoms. The van der Waals surface area contributed by atoms with Crippen LogP contribution in [-0.2, 0) is 18.8 Å². The number of hydrogen-bond acceptors (Lipinski definition) is 4. The fourth-order valence-electron chi connectivity index (χ4n) is 1.86. The molecule has 0 fully saturated rings. The molecule has 0 bridgehead atoms. The highest BCUT2D eigenvalue weighted by Crippen LogP contribution is 2.52. The van der Waals surface area contributed by atoms with Crippen LogP contribution >= 0.6 is 0 Å². The summed E-state index contributed by atoms with van der Waals surface area (Å²) in [7, 11) is -3.61. The Morgan fingerprint density at radius 1 is 0.556 bits per heavy atom. The van der Waals surface area contributed by atoms with Gasteiger partial charge in [0.15, 0.2) is 5.76 Å². The molecule has 266 valence electrons. The van der Waals surface area contributed by atoms with Crippen molar-refractivity contribution in [3.8, 4) is 0 Å². The van der Waals surface area contributed by atoms with E-state index in [0.717, 1.165) is 13.1 Å². The van der Waals surface area contributed by atoms with Crippen LogP contribution in [0.3, 0.4) is 0 Å². The number of halogens is 20. The monoisotopic (exact) mass is 730 g/mol. The third kappa shape index (κ3) is 10.2. The van der Waals surface area contributed by atoms with Crippen molar-refractivity contribution in [2.45, 2.75) is 93.7 Å². The lowest BCUT2D eigenvalue weighted by molar-refractivity contribution is -0.349. The molecule has 25 heteroatoms. The number of Topliss-reactive ketones (excluding diaryl/α,β-unsaturated/α-hetero) is 2. The third-order valence-electron chi connectivity index (χ3n) is 5.51. The van der Waals surface area contributed by atoms with E-state index in [1.54, 1.807) is 0 Å². The van der Waals surface area contributed by atoms with Crippen LogP contribution in [0.1, 0.15) is 27.2 Å². The van der Waals surface area contributed by atoms with Crippen molar-refractivity contribution in [2.75, 3.05) is 0 Å². The van der Waals surface area contributed by atoms with E-state index in [0.29, 0.717) is 0 Å². The van der Waals surface area contributed by atoms with Crippen LogP contribution in [0, 0.1) is 0 Å². The molecule has 0 radical (unpaired) electrons. The minimum Gasteiger partial charge on any atom is -0.542 e. The summed E-state index contributed by atoms with van der Waals surface area (Å²) in [6.45, 7) is 6.31. The molecule has 0 aromatic heterocycles. The molecule has 0 aliphatic carbocycles. The summed E-state index contributed by atoms with van der Waals surface area (Å²) >= 11 is 0. The zero-order valence-electron chi connectivity index (χ0n) is 22.5. The Balaban J connectivity index is 0. The molecule has 0 heterocycles. The third-order valence-corrected chi connectivity index (χ3v) is 9.85. The minimum atomic E-state index is -6.89. The Hall–Kier alpha value is -2.63. The van der Waals surface area contributed by atoms with E-state index < -0.39 is 97.4 Å². The van der Waals surface area contributed by atoms with E-state index in [-0.39, 0.29) is 0 Å². The summed E-state index contributed by atoms with van der Waals surface area (Å²) < 4.78 is 251. The van der Waals surface area contributed by atoms with Crippen molar-refractivity contribution < 1.29 is 107 Å². The number of hydrogen-bond donors (Lipinski definition) is 0. The fourth-order valence-corrected chi connectivity index (χ4v) is 2.90. The Morgan fingerprint density at radius 3 is 1.16 bits per heavy atom. The normalized spacial score (nSPS) is 15.3. The van der Waals surface area contributed by atoms with Gasteiger partial charge in [0, 0.05) is 6.08 Å². The lowest BCUT2D eigenvalue weighted by Crippen LogP contribution is -2.56. The zero-order chi connectivity index (χ0) is 37.4. The summed E-state index contributed by atoms with van der Waals surface area (Å²) in [5.74, 6) is -38.7. The SMILES string of the molecule is CC(C)(C)[Si](C)(C)OC(=CC(=O)C(F)(F)F)C(F)(F)C(F)(F)C(F)(F)F.O=C(CC(=O)C(F)(F)C(F)(F)C(F)(F)F)C(F)(F)F. The van der Waals surface area contributed by atoms with E-state index in [9.17, 15) is 102 Å². The molecule has 4 nitrogen and oxygen atoms in total. The highest BCUT2D eigenvalue weighted by atomic mass is 28.4. The molecule has 0 aromatic carbocycles. The minimum absolute atomic E-state index is 1.06. The Bertz CT molecular complexity index is 1120. The first kappa shape index (κ1) is 44.5. The molecule has 0 unspecified atom stereocenters.